The molecule has 4 aromatic rings. The van der Waals surface area contributed by atoms with Crippen LogP contribution in [0.25, 0.3) is 17.2 Å². The highest BCUT2D eigenvalue weighted by Crippen LogP contribution is 2.36. The van der Waals surface area contributed by atoms with Crippen molar-refractivity contribution < 1.29 is 22.3 Å². The van der Waals surface area contributed by atoms with Crippen molar-refractivity contribution in [2.24, 2.45) is 0 Å². The molecule has 0 N–H and O–H groups in total. The predicted octanol–water partition coefficient (Wildman–Crippen LogP) is 2.22. The third kappa shape index (κ3) is 5.09. The van der Waals surface area contributed by atoms with E-state index in [0.717, 1.165) is 12.4 Å². The molecule has 0 fully saturated rings. The Kier molecular flexibility index (Phi) is 6.96. The van der Waals surface area contributed by atoms with E-state index in [1.165, 1.54) is 39.7 Å². The molecule has 0 aliphatic carbocycles. The van der Waals surface area contributed by atoms with Gasteiger partial charge in [0.15, 0.2) is 27.3 Å². The highest BCUT2D eigenvalue weighted by molar-refractivity contribution is 7.91. The summed E-state index contributed by atoms with van der Waals surface area (Å²) in [7, 11) is -0.791. The van der Waals surface area contributed by atoms with Crippen LogP contribution < -0.4 is 9.47 Å². The van der Waals surface area contributed by atoms with Crippen LogP contribution in [0.5, 0.6) is 11.5 Å². The second-order valence-electron chi connectivity index (χ2n) is 7.52. The second-order valence-corrected chi connectivity index (χ2v) is 9.94. The lowest BCUT2D eigenvalue weighted by atomic mass is 10.2. The number of methoxy groups -OCH3 is 2. The van der Waals surface area contributed by atoms with E-state index in [9.17, 15) is 12.8 Å². The second kappa shape index (κ2) is 10.1. The van der Waals surface area contributed by atoms with Crippen LogP contribution >= 0.6 is 0 Å². The van der Waals surface area contributed by atoms with Gasteiger partial charge < -0.3 is 9.47 Å². The van der Waals surface area contributed by atoms with Crippen LogP contribution in [0, 0.1) is 5.82 Å². The van der Waals surface area contributed by atoms with Crippen LogP contribution in [0.4, 0.5) is 4.39 Å². The number of hydrogen-bond acceptors (Lipinski definition) is 10. The van der Waals surface area contributed by atoms with E-state index < -0.39 is 26.7 Å². The van der Waals surface area contributed by atoms with Gasteiger partial charge in [0.2, 0.25) is 0 Å². The van der Waals surface area contributed by atoms with Gasteiger partial charge in [0.1, 0.15) is 34.5 Å². The van der Waals surface area contributed by atoms with E-state index in [1.54, 1.807) is 22.8 Å². The number of halogens is 1. The van der Waals surface area contributed by atoms with Gasteiger partial charge in [0, 0.05) is 18.8 Å². The third-order valence-electron chi connectivity index (χ3n) is 5.23. The SMILES string of the molecule is COc1cccc(OC)c1-n1c(CS(=O)(=O)[C@@H](C)Cc2ncc(F)cn2)nnc1-c1cnccn1. The molecule has 4 rings (SSSR count). The zero-order chi connectivity index (χ0) is 25.0. The fourth-order valence-electron chi connectivity index (χ4n) is 3.43. The summed E-state index contributed by atoms with van der Waals surface area (Å²) in [6.07, 6.45) is 6.51. The van der Waals surface area contributed by atoms with Gasteiger partial charge >= 0.3 is 0 Å². The first kappa shape index (κ1) is 24.1. The van der Waals surface area contributed by atoms with Crippen LogP contribution in [0.1, 0.15) is 18.6 Å². The Labute approximate surface area is 201 Å². The van der Waals surface area contributed by atoms with E-state index in [4.69, 9.17) is 9.47 Å². The first-order valence-corrected chi connectivity index (χ1v) is 12.2. The van der Waals surface area contributed by atoms with Crippen molar-refractivity contribution in [3.63, 3.8) is 0 Å². The van der Waals surface area contributed by atoms with Crippen molar-refractivity contribution in [2.75, 3.05) is 14.2 Å². The van der Waals surface area contributed by atoms with Crippen molar-refractivity contribution >= 4 is 9.84 Å². The summed E-state index contributed by atoms with van der Waals surface area (Å²) in [6, 6.07) is 5.17. The number of hydrogen-bond donors (Lipinski definition) is 0. The quantitative estimate of drug-likeness (QED) is 0.337. The summed E-state index contributed by atoms with van der Waals surface area (Å²) >= 11 is 0. The maximum absolute atomic E-state index is 13.3. The summed E-state index contributed by atoms with van der Waals surface area (Å²) in [5, 5.41) is 7.52. The number of sulfone groups is 1. The lowest BCUT2D eigenvalue weighted by Crippen LogP contribution is -2.24. The summed E-state index contributed by atoms with van der Waals surface area (Å²) in [6.45, 7) is 1.54. The minimum absolute atomic E-state index is 0.00570. The van der Waals surface area contributed by atoms with Gasteiger partial charge in [-0.15, -0.1) is 10.2 Å². The lowest BCUT2D eigenvalue weighted by Gasteiger charge is -2.18. The van der Waals surface area contributed by atoms with E-state index in [0.29, 0.717) is 22.9 Å². The third-order valence-corrected chi connectivity index (χ3v) is 7.29. The molecule has 11 nitrogen and oxygen atoms in total. The first-order chi connectivity index (χ1) is 16.8. The number of para-hydroxylation sites is 1. The first-order valence-electron chi connectivity index (χ1n) is 10.4. The monoisotopic (exact) mass is 499 g/mol. The predicted molar refractivity (Wildman–Crippen MR) is 123 cm³/mol. The minimum Gasteiger partial charge on any atom is -0.494 e. The molecule has 182 valence electrons. The molecule has 3 aromatic heterocycles. The molecule has 0 saturated heterocycles. The maximum Gasteiger partial charge on any atom is 0.189 e. The average Bonchev–Trinajstić information content (AvgIpc) is 3.27. The standard InChI is InChI=1S/C22H22FN7O4S/c1-14(9-19-26-10-15(23)11-27-19)35(31,32)13-20-28-29-22(16-12-24-7-8-25-16)30(20)21-17(33-2)5-4-6-18(21)34-3/h4-8,10-12,14H,9,13H2,1-3H3/t14-/m0/s1. The van der Waals surface area contributed by atoms with Crippen molar-refractivity contribution in [1.29, 1.82) is 0 Å². The van der Waals surface area contributed by atoms with Gasteiger partial charge in [-0.3, -0.25) is 9.55 Å². The highest BCUT2D eigenvalue weighted by Gasteiger charge is 2.29. The van der Waals surface area contributed by atoms with Gasteiger partial charge in [0.25, 0.3) is 0 Å². The van der Waals surface area contributed by atoms with E-state index in [2.05, 4.69) is 30.1 Å². The zero-order valence-electron chi connectivity index (χ0n) is 19.2. The molecular weight excluding hydrogens is 477 g/mol. The number of ether oxygens (including phenoxy) is 2. The van der Waals surface area contributed by atoms with E-state index in [-0.39, 0.29) is 23.9 Å². The Morgan fingerprint density at radius 3 is 2.29 bits per heavy atom. The molecule has 3 heterocycles. The van der Waals surface area contributed by atoms with Gasteiger partial charge in [-0.2, -0.15) is 0 Å². The molecule has 0 saturated carbocycles. The molecule has 0 unspecified atom stereocenters. The smallest absolute Gasteiger partial charge is 0.189 e. The molecule has 35 heavy (non-hydrogen) atoms. The van der Waals surface area contributed by atoms with Gasteiger partial charge in [-0.25, -0.2) is 27.8 Å². The van der Waals surface area contributed by atoms with Crippen LogP contribution in [0.15, 0.2) is 49.2 Å². The Morgan fingerprint density at radius 1 is 1.00 bits per heavy atom. The normalized spacial score (nSPS) is 12.3. The molecule has 1 aromatic carbocycles. The maximum atomic E-state index is 13.3. The lowest BCUT2D eigenvalue weighted by molar-refractivity contribution is 0.390. The summed E-state index contributed by atoms with van der Waals surface area (Å²) in [5.74, 6) is 0.390. The topological polar surface area (TPSA) is 135 Å². The van der Waals surface area contributed by atoms with Crippen LogP contribution in [-0.2, 0) is 22.0 Å². The van der Waals surface area contributed by atoms with Crippen LogP contribution in [0.3, 0.4) is 0 Å². The number of rotatable bonds is 9. The van der Waals surface area contributed by atoms with E-state index in [1.807, 2.05) is 0 Å². The van der Waals surface area contributed by atoms with Gasteiger partial charge in [0.05, 0.1) is 38.1 Å². The number of benzene rings is 1. The largest absolute Gasteiger partial charge is 0.494 e. The van der Waals surface area contributed by atoms with Crippen LogP contribution in [0.2, 0.25) is 0 Å². The molecule has 0 spiro atoms. The molecular formula is C22H22FN7O4S. The van der Waals surface area contributed by atoms with Crippen molar-refractivity contribution in [2.45, 2.75) is 24.3 Å². The Morgan fingerprint density at radius 2 is 1.69 bits per heavy atom. The highest BCUT2D eigenvalue weighted by atomic mass is 32.2. The fourth-order valence-corrected chi connectivity index (χ4v) is 4.66. The fraction of sp³-hybridized carbons (Fsp3) is 0.273. The zero-order valence-corrected chi connectivity index (χ0v) is 20.0. The molecule has 0 bridgehead atoms. The Bertz CT molecular complexity index is 1390. The minimum atomic E-state index is -3.77. The van der Waals surface area contributed by atoms with Crippen molar-refractivity contribution in [3.8, 4) is 28.7 Å². The molecule has 1 atom stereocenters. The summed E-state index contributed by atoms with van der Waals surface area (Å²) in [4.78, 5) is 16.1. The molecule has 0 aliphatic heterocycles. The van der Waals surface area contributed by atoms with E-state index >= 15 is 0 Å². The van der Waals surface area contributed by atoms with Gasteiger partial charge in [-0.05, 0) is 19.1 Å². The van der Waals surface area contributed by atoms with Crippen LogP contribution in [-0.4, -0.2) is 62.6 Å². The summed E-state index contributed by atoms with van der Waals surface area (Å²) < 4.78 is 52.4. The number of nitrogens with zero attached hydrogens (tertiary/aromatic N) is 7. The number of aromatic nitrogens is 7. The Balaban J connectivity index is 1.79. The summed E-state index contributed by atoms with van der Waals surface area (Å²) in [5.41, 5.74) is 0.798. The molecule has 13 heteroatoms. The molecule has 0 aliphatic rings. The van der Waals surface area contributed by atoms with Crippen molar-refractivity contribution in [3.05, 3.63) is 66.6 Å². The van der Waals surface area contributed by atoms with Crippen molar-refractivity contribution in [1.82, 2.24) is 34.7 Å². The molecule has 0 radical (unpaired) electrons. The Hall–Kier alpha value is -4.00. The average molecular weight is 500 g/mol. The molecule has 0 amide bonds. The van der Waals surface area contributed by atoms with Gasteiger partial charge in [-0.1, -0.05) is 6.07 Å².